The molecule has 0 saturated carbocycles. The van der Waals surface area contributed by atoms with Crippen molar-refractivity contribution in [3.8, 4) is 0 Å². The second kappa shape index (κ2) is 5.72. The summed E-state index contributed by atoms with van der Waals surface area (Å²) in [6, 6.07) is 5.54. The summed E-state index contributed by atoms with van der Waals surface area (Å²) >= 11 is 6.78. The van der Waals surface area contributed by atoms with Crippen LogP contribution >= 0.6 is 31.9 Å². The van der Waals surface area contributed by atoms with Gasteiger partial charge in [-0.2, -0.15) is 0 Å². The lowest BCUT2D eigenvalue weighted by atomic mass is 10.0. The molecule has 1 aromatic carbocycles. The Morgan fingerprint density at radius 1 is 1.50 bits per heavy atom. The van der Waals surface area contributed by atoms with Gasteiger partial charge in [-0.05, 0) is 47.5 Å². The van der Waals surface area contributed by atoms with E-state index in [2.05, 4.69) is 31.9 Å². The zero-order valence-electron chi connectivity index (χ0n) is 10.1. The lowest BCUT2D eigenvalue weighted by Crippen LogP contribution is -2.30. The molecule has 1 aromatic rings. The maximum absolute atomic E-state index is 12.3. The summed E-state index contributed by atoms with van der Waals surface area (Å²) < 4.78 is 1.73. The fraction of sp³-hybridized carbons (Fsp3) is 0.462. The van der Waals surface area contributed by atoms with Crippen molar-refractivity contribution >= 4 is 37.8 Å². The van der Waals surface area contributed by atoms with Crippen LogP contribution in [0, 0.1) is 5.92 Å². The predicted octanol–water partition coefficient (Wildman–Crippen LogP) is 3.05. The minimum atomic E-state index is -0.351. The van der Waals surface area contributed by atoms with Crippen molar-refractivity contribution in [2.45, 2.75) is 19.4 Å². The van der Waals surface area contributed by atoms with Crippen LogP contribution < -0.4 is 0 Å². The first-order valence-electron chi connectivity index (χ1n) is 5.91. The highest BCUT2D eigenvalue weighted by molar-refractivity contribution is 9.11. The van der Waals surface area contributed by atoms with E-state index < -0.39 is 0 Å². The van der Waals surface area contributed by atoms with Crippen molar-refractivity contribution in [1.82, 2.24) is 4.90 Å². The fourth-order valence-electron chi connectivity index (χ4n) is 2.20. The summed E-state index contributed by atoms with van der Waals surface area (Å²) in [6.07, 6.45) is 0.522. The average Bonchev–Trinajstić information content (AvgIpc) is 2.77. The van der Waals surface area contributed by atoms with Crippen molar-refractivity contribution in [3.05, 3.63) is 32.7 Å². The van der Waals surface area contributed by atoms with E-state index in [9.17, 15) is 9.90 Å². The van der Waals surface area contributed by atoms with Crippen molar-refractivity contribution < 1.29 is 9.90 Å². The van der Waals surface area contributed by atoms with Gasteiger partial charge in [-0.3, -0.25) is 4.79 Å². The minimum absolute atomic E-state index is 0.0255. The van der Waals surface area contributed by atoms with Gasteiger partial charge in [0.25, 0.3) is 5.91 Å². The molecule has 5 heteroatoms. The molecule has 1 aliphatic rings. The molecule has 18 heavy (non-hydrogen) atoms. The molecule has 1 aliphatic heterocycles. The number of aliphatic hydroxyl groups excluding tert-OH is 1. The lowest BCUT2D eigenvalue weighted by molar-refractivity contribution is 0.0761. The Balaban J connectivity index is 2.13. The molecule has 1 saturated heterocycles. The second-order valence-electron chi connectivity index (χ2n) is 4.66. The van der Waals surface area contributed by atoms with Crippen molar-refractivity contribution in [3.63, 3.8) is 0 Å². The number of nitrogens with zero attached hydrogens (tertiary/aromatic N) is 1. The maximum atomic E-state index is 12.3. The summed E-state index contributed by atoms with van der Waals surface area (Å²) in [5.41, 5.74) is 0.671. The number of carbonyl (C=O) groups is 1. The highest BCUT2D eigenvalue weighted by Gasteiger charge is 2.30. The summed E-state index contributed by atoms with van der Waals surface area (Å²) in [4.78, 5) is 14.2. The number of halogens is 2. The van der Waals surface area contributed by atoms with Crippen LogP contribution in [-0.4, -0.2) is 35.1 Å². The lowest BCUT2D eigenvalue weighted by Gasteiger charge is -2.18. The van der Waals surface area contributed by atoms with Gasteiger partial charge in [-0.15, -0.1) is 0 Å². The topological polar surface area (TPSA) is 40.5 Å². The maximum Gasteiger partial charge on any atom is 0.255 e. The molecular formula is C13H15Br2NO2. The van der Waals surface area contributed by atoms with Crippen molar-refractivity contribution in [2.75, 3.05) is 13.1 Å². The van der Waals surface area contributed by atoms with E-state index >= 15 is 0 Å². The SMILES string of the molecule is CC(O)C1CCN(C(=O)c2ccc(Br)cc2Br)C1. The Bertz CT molecular complexity index is 462. The van der Waals surface area contributed by atoms with E-state index in [1.165, 1.54) is 0 Å². The minimum Gasteiger partial charge on any atom is -0.393 e. The van der Waals surface area contributed by atoms with E-state index in [-0.39, 0.29) is 17.9 Å². The molecule has 1 amide bonds. The van der Waals surface area contributed by atoms with Gasteiger partial charge in [-0.1, -0.05) is 15.9 Å². The van der Waals surface area contributed by atoms with E-state index in [1.54, 1.807) is 6.92 Å². The van der Waals surface area contributed by atoms with Crippen LogP contribution in [0.15, 0.2) is 27.1 Å². The van der Waals surface area contributed by atoms with Crippen molar-refractivity contribution in [2.24, 2.45) is 5.92 Å². The monoisotopic (exact) mass is 375 g/mol. The first-order chi connectivity index (χ1) is 8.49. The van der Waals surface area contributed by atoms with E-state index in [0.717, 1.165) is 21.9 Å². The number of rotatable bonds is 2. The molecule has 0 radical (unpaired) electrons. The van der Waals surface area contributed by atoms with E-state index in [4.69, 9.17) is 0 Å². The normalized spacial score (nSPS) is 21.1. The van der Waals surface area contributed by atoms with Gasteiger partial charge in [0, 0.05) is 28.0 Å². The number of benzene rings is 1. The highest BCUT2D eigenvalue weighted by atomic mass is 79.9. The van der Waals surface area contributed by atoms with Crippen LogP contribution in [0.3, 0.4) is 0 Å². The van der Waals surface area contributed by atoms with Gasteiger partial charge in [0.05, 0.1) is 11.7 Å². The molecule has 1 heterocycles. The molecular weight excluding hydrogens is 362 g/mol. The number of carbonyl (C=O) groups excluding carboxylic acids is 1. The molecule has 1 fully saturated rings. The second-order valence-corrected chi connectivity index (χ2v) is 6.43. The standard InChI is InChI=1S/C13H15Br2NO2/c1-8(17)9-4-5-16(7-9)13(18)11-3-2-10(14)6-12(11)15/h2-3,6,8-9,17H,4-5,7H2,1H3. The van der Waals surface area contributed by atoms with Gasteiger partial charge < -0.3 is 10.0 Å². The van der Waals surface area contributed by atoms with Gasteiger partial charge in [0.1, 0.15) is 0 Å². The Labute approximate surface area is 123 Å². The van der Waals surface area contributed by atoms with Crippen LogP contribution in [0.4, 0.5) is 0 Å². The first-order valence-corrected chi connectivity index (χ1v) is 7.50. The van der Waals surface area contributed by atoms with Crippen LogP contribution in [0.5, 0.6) is 0 Å². The van der Waals surface area contributed by atoms with Crippen LogP contribution in [0.2, 0.25) is 0 Å². The first kappa shape index (κ1) is 14.0. The number of hydrogen-bond acceptors (Lipinski definition) is 2. The van der Waals surface area contributed by atoms with Crippen LogP contribution in [-0.2, 0) is 0 Å². The number of amides is 1. The molecule has 98 valence electrons. The summed E-state index contributed by atoms with van der Waals surface area (Å²) in [5.74, 6) is 0.223. The molecule has 0 aliphatic carbocycles. The molecule has 0 aromatic heterocycles. The smallest absolute Gasteiger partial charge is 0.255 e. The Hall–Kier alpha value is -0.390. The Morgan fingerprint density at radius 2 is 2.22 bits per heavy atom. The molecule has 0 bridgehead atoms. The Morgan fingerprint density at radius 3 is 2.78 bits per heavy atom. The van der Waals surface area contributed by atoms with Gasteiger partial charge in [-0.25, -0.2) is 0 Å². The van der Waals surface area contributed by atoms with E-state index in [1.807, 2.05) is 23.1 Å². The van der Waals surface area contributed by atoms with Gasteiger partial charge in [0.15, 0.2) is 0 Å². The van der Waals surface area contributed by atoms with E-state index in [0.29, 0.717) is 12.1 Å². The summed E-state index contributed by atoms with van der Waals surface area (Å²) in [7, 11) is 0. The predicted molar refractivity (Wildman–Crippen MR) is 77.5 cm³/mol. The molecule has 2 atom stereocenters. The third-order valence-electron chi connectivity index (χ3n) is 3.36. The molecule has 3 nitrogen and oxygen atoms in total. The van der Waals surface area contributed by atoms with Gasteiger partial charge >= 0.3 is 0 Å². The largest absolute Gasteiger partial charge is 0.393 e. The number of aliphatic hydroxyl groups is 1. The van der Waals surface area contributed by atoms with Crippen molar-refractivity contribution in [1.29, 1.82) is 0 Å². The molecule has 2 unspecified atom stereocenters. The highest BCUT2D eigenvalue weighted by Crippen LogP contribution is 2.26. The Kier molecular flexibility index (Phi) is 4.45. The third kappa shape index (κ3) is 2.95. The molecule has 0 spiro atoms. The molecule has 1 N–H and O–H groups in total. The number of likely N-dealkylation sites (tertiary alicyclic amines) is 1. The zero-order chi connectivity index (χ0) is 13.3. The van der Waals surface area contributed by atoms with Crippen LogP contribution in [0.1, 0.15) is 23.7 Å². The van der Waals surface area contributed by atoms with Crippen LogP contribution in [0.25, 0.3) is 0 Å². The average molecular weight is 377 g/mol. The number of hydrogen-bond donors (Lipinski definition) is 1. The third-order valence-corrected chi connectivity index (χ3v) is 4.51. The summed E-state index contributed by atoms with van der Waals surface area (Å²) in [6.45, 7) is 3.14. The van der Waals surface area contributed by atoms with Gasteiger partial charge in [0.2, 0.25) is 0 Å². The fourth-order valence-corrected chi connectivity index (χ4v) is 3.42. The summed E-state index contributed by atoms with van der Waals surface area (Å²) in [5, 5.41) is 9.56. The molecule has 2 rings (SSSR count). The quantitative estimate of drug-likeness (QED) is 0.861. The zero-order valence-corrected chi connectivity index (χ0v) is 13.2.